The van der Waals surface area contributed by atoms with Crippen molar-refractivity contribution in [3.8, 4) is 5.75 Å². The first-order chi connectivity index (χ1) is 8.88. The Morgan fingerprint density at radius 2 is 2.00 bits per heavy atom. The van der Waals surface area contributed by atoms with E-state index in [9.17, 15) is 0 Å². The van der Waals surface area contributed by atoms with Gasteiger partial charge in [0.2, 0.25) is 0 Å². The molecule has 0 fully saturated rings. The molecule has 0 N–H and O–H groups in total. The van der Waals surface area contributed by atoms with Gasteiger partial charge in [-0.3, -0.25) is 0 Å². The average molecular weight is 247 g/mol. The van der Waals surface area contributed by atoms with Crippen molar-refractivity contribution in [3.63, 3.8) is 0 Å². The van der Waals surface area contributed by atoms with Gasteiger partial charge in [-0.2, -0.15) is 0 Å². The van der Waals surface area contributed by atoms with E-state index in [4.69, 9.17) is 9.47 Å². The summed E-state index contributed by atoms with van der Waals surface area (Å²) in [6.45, 7) is 3.48. The van der Waals surface area contributed by atoms with Crippen molar-refractivity contribution in [2.75, 3.05) is 38.3 Å². The molecule has 0 spiro atoms. The Morgan fingerprint density at radius 1 is 1.22 bits per heavy atom. The zero-order valence-corrected chi connectivity index (χ0v) is 11.1. The summed E-state index contributed by atoms with van der Waals surface area (Å²) in [6, 6.07) is 4.61. The van der Waals surface area contributed by atoms with E-state index in [-0.39, 0.29) is 0 Å². The maximum absolute atomic E-state index is 5.82. The van der Waals surface area contributed by atoms with Gasteiger partial charge in [0, 0.05) is 13.7 Å². The second-order valence-corrected chi connectivity index (χ2v) is 5.12. The Balaban J connectivity index is 1.90. The first-order valence-corrected chi connectivity index (χ1v) is 6.91. The lowest BCUT2D eigenvalue weighted by Gasteiger charge is -2.32. The van der Waals surface area contributed by atoms with Crippen LogP contribution in [0.5, 0.6) is 5.75 Å². The van der Waals surface area contributed by atoms with E-state index < -0.39 is 0 Å². The fraction of sp³-hybridized carbons (Fsp3) is 0.600. The van der Waals surface area contributed by atoms with Crippen molar-refractivity contribution in [3.05, 3.63) is 23.3 Å². The highest BCUT2D eigenvalue weighted by molar-refractivity contribution is 5.63. The van der Waals surface area contributed by atoms with E-state index in [1.165, 1.54) is 42.5 Å². The van der Waals surface area contributed by atoms with Crippen LogP contribution < -0.4 is 9.64 Å². The van der Waals surface area contributed by atoms with E-state index in [2.05, 4.69) is 17.0 Å². The lowest BCUT2D eigenvalue weighted by atomic mass is 9.90. The summed E-state index contributed by atoms with van der Waals surface area (Å²) >= 11 is 0. The molecule has 0 aromatic heterocycles. The maximum atomic E-state index is 5.82. The minimum atomic E-state index is 0.774. The molecule has 0 bridgehead atoms. The topological polar surface area (TPSA) is 21.7 Å². The molecule has 2 aliphatic rings. The number of hydrogen-bond donors (Lipinski definition) is 0. The second-order valence-electron chi connectivity index (χ2n) is 5.12. The van der Waals surface area contributed by atoms with Crippen molar-refractivity contribution in [1.82, 2.24) is 0 Å². The number of ether oxygens (including phenoxy) is 2. The van der Waals surface area contributed by atoms with Crippen molar-refractivity contribution in [2.24, 2.45) is 0 Å². The van der Waals surface area contributed by atoms with Crippen LogP contribution in [0.1, 0.15) is 24.0 Å². The lowest BCUT2D eigenvalue weighted by molar-refractivity contribution is 0.201. The van der Waals surface area contributed by atoms with E-state index in [1.54, 1.807) is 7.11 Å². The van der Waals surface area contributed by atoms with E-state index in [0.717, 1.165) is 32.1 Å². The molecule has 1 aromatic carbocycles. The zero-order valence-electron chi connectivity index (χ0n) is 11.1. The van der Waals surface area contributed by atoms with E-state index in [1.807, 2.05) is 0 Å². The summed E-state index contributed by atoms with van der Waals surface area (Å²) in [5.41, 5.74) is 4.28. The Morgan fingerprint density at radius 3 is 2.78 bits per heavy atom. The summed E-state index contributed by atoms with van der Waals surface area (Å²) in [5, 5.41) is 0. The van der Waals surface area contributed by atoms with Crippen LogP contribution >= 0.6 is 0 Å². The summed E-state index contributed by atoms with van der Waals surface area (Å²) in [4.78, 5) is 2.39. The van der Waals surface area contributed by atoms with Gasteiger partial charge in [-0.25, -0.2) is 0 Å². The van der Waals surface area contributed by atoms with Crippen LogP contribution in [0.2, 0.25) is 0 Å². The minimum absolute atomic E-state index is 0.774. The highest BCUT2D eigenvalue weighted by atomic mass is 16.5. The largest absolute Gasteiger partial charge is 0.490 e. The molecule has 1 aliphatic carbocycles. The third-order valence-electron chi connectivity index (χ3n) is 3.95. The number of rotatable bonds is 3. The summed E-state index contributed by atoms with van der Waals surface area (Å²) in [6.07, 6.45) is 5.08. The molecule has 0 atom stereocenters. The number of anilines is 1. The quantitative estimate of drug-likeness (QED) is 0.818. The minimum Gasteiger partial charge on any atom is -0.490 e. The molecule has 1 aromatic rings. The standard InChI is InChI=1S/C15H21NO2/c1-17-8-6-16-7-9-18-15-11-13-5-3-2-4-12(13)10-14(15)16/h10-11H,2-9H2,1H3. The van der Waals surface area contributed by atoms with Gasteiger partial charge in [0.05, 0.1) is 18.8 Å². The number of aryl methyl sites for hydroxylation is 2. The molecule has 3 heteroatoms. The van der Waals surface area contributed by atoms with Gasteiger partial charge in [0.15, 0.2) is 0 Å². The van der Waals surface area contributed by atoms with E-state index >= 15 is 0 Å². The fourth-order valence-electron chi connectivity index (χ4n) is 2.93. The number of hydrogen-bond acceptors (Lipinski definition) is 3. The Bertz CT molecular complexity index is 431. The van der Waals surface area contributed by atoms with Gasteiger partial charge in [0.1, 0.15) is 12.4 Å². The summed E-state index contributed by atoms with van der Waals surface area (Å²) in [7, 11) is 1.76. The van der Waals surface area contributed by atoms with Crippen LogP contribution in [0.3, 0.4) is 0 Å². The van der Waals surface area contributed by atoms with Gasteiger partial charge < -0.3 is 14.4 Å². The van der Waals surface area contributed by atoms with E-state index in [0.29, 0.717) is 0 Å². The molecule has 1 heterocycles. The summed E-state index contributed by atoms with van der Waals surface area (Å²) < 4.78 is 11.0. The van der Waals surface area contributed by atoms with Crippen LogP contribution in [0.25, 0.3) is 0 Å². The second kappa shape index (κ2) is 5.19. The number of fused-ring (bicyclic) bond motifs is 2. The molecule has 0 saturated carbocycles. The molecular weight excluding hydrogens is 226 g/mol. The third kappa shape index (κ3) is 2.19. The number of benzene rings is 1. The van der Waals surface area contributed by atoms with Crippen molar-refractivity contribution < 1.29 is 9.47 Å². The summed E-state index contributed by atoms with van der Waals surface area (Å²) in [5.74, 6) is 1.07. The molecule has 0 saturated heterocycles. The van der Waals surface area contributed by atoms with Crippen LogP contribution in [-0.2, 0) is 17.6 Å². The molecule has 3 nitrogen and oxygen atoms in total. The van der Waals surface area contributed by atoms with Crippen molar-refractivity contribution >= 4 is 5.69 Å². The van der Waals surface area contributed by atoms with Gasteiger partial charge >= 0.3 is 0 Å². The van der Waals surface area contributed by atoms with Crippen LogP contribution in [0, 0.1) is 0 Å². The molecule has 98 valence electrons. The first-order valence-electron chi connectivity index (χ1n) is 6.91. The highest BCUT2D eigenvalue weighted by Gasteiger charge is 2.21. The Kier molecular flexibility index (Phi) is 3.41. The lowest BCUT2D eigenvalue weighted by Crippen LogP contribution is -2.35. The Labute approximate surface area is 109 Å². The maximum Gasteiger partial charge on any atom is 0.142 e. The van der Waals surface area contributed by atoms with Crippen molar-refractivity contribution in [2.45, 2.75) is 25.7 Å². The van der Waals surface area contributed by atoms with Gasteiger partial charge in [-0.15, -0.1) is 0 Å². The van der Waals surface area contributed by atoms with Crippen LogP contribution in [-0.4, -0.2) is 33.4 Å². The molecule has 0 amide bonds. The average Bonchev–Trinajstić information content (AvgIpc) is 2.43. The molecule has 0 unspecified atom stereocenters. The smallest absolute Gasteiger partial charge is 0.142 e. The molecular formula is C15H21NO2. The predicted octanol–water partition coefficient (Wildman–Crippen LogP) is 2.41. The molecule has 3 rings (SSSR count). The fourth-order valence-corrected chi connectivity index (χ4v) is 2.93. The van der Waals surface area contributed by atoms with Gasteiger partial charge in [0.25, 0.3) is 0 Å². The number of methoxy groups -OCH3 is 1. The normalized spacial score (nSPS) is 17.9. The predicted molar refractivity (Wildman–Crippen MR) is 72.7 cm³/mol. The SMILES string of the molecule is COCCN1CCOc2cc3c(cc21)CCCC3. The van der Waals surface area contributed by atoms with Crippen molar-refractivity contribution in [1.29, 1.82) is 0 Å². The van der Waals surface area contributed by atoms with Gasteiger partial charge in [-0.05, 0) is 48.9 Å². The zero-order chi connectivity index (χ0) is 12.4. The van der Waals surface area contributed by atoms with Crippen LogP contribution in [0.15, 0.2) is 12.1 Å². The number of nitrogens with zero attached hydrogens (tertiary/aromatic N) is 1. The van der Waals surface area contributed by atoms with Crippen LogP contribution in [0.4, 0.5) is 5.69 Å². The molecule has 0 radical (unpaired) electrons. The highest BCUT2D eigenvalue weighted by Crippen LogP contribution is 2.36. The molecule has 18 heavy (non-hydrogen) atoms. The third-order valence-corrected chi connectivity index (χ3v) is 3.95. The first kappa shape index (κ1) is 11.8. The monoisotopic (exact) mass is 247 g/mol. The molecule has 1 aliphatic heterocycles. The Hall–Kier alpha value is -1.22. The van der Waals surface area contributed by atoms with Gasteiger partial charge in [-0.1, -0.05) is 0 Å².